The summed E-state index contributed by atoms with van der Waals surface area (Å²) in [6.45, 7) is 6.48. The molecule has 0 bridgehead atoms. The average molecular weight is 407 g/mol. The molecule has 0 aliphatic rings. The van der Waals surface area contributed by atoms with Gasteiger partial charge in [0.1, 0.15) is 5.75 Å². The fourth-order valence-corrected chi connectivity index (χ4v) is 3.38. The van der Waals surface area contributed by atoms with Crippen molar-refractivity contribution in [1.82, 2.24) is 20.4 Å². The van der Waals surface area contributed by atoms with Crippen molar-refractivity contribution in [2.75, 3.05) is 6.61 Å². The molecule has 3 aromatic rings. The van der Waals surface area contributed by atoms with Crippen LogP contribution in [0.3, 0.4) is 0 Å². The second-order valence-corrected chi connectivity index (χ2v) is 6.79. The summed E-state index contributed by atoms with van der Waals surface area (Å²) in [5, 5.41) is 10.9. The third kappa shape index (κ3) is 4.42. The summed E-state index contributed by atoms with van der Waals surface area (Å²) >= 11 is 0. The molecular weight excluding hydrogens is 380 g/mol. The van der Waals surface area contributed by atoms with Crippen LogP contribution in [0.25, 0.3) is 0 Å². The predicted octanol–water partition coefficient (Wildman–Crippen LogP) is 3.51. The van der Waals surface area contributed by atoms with E-state index in [1.165, 1.54) is 0 Å². The number of unbranched alkanes of at least 4 members (excludes halogenated alkanes) is 2. The number of aryl methyl sites for hydroxylation is 2. The van der Waals surface area contributed by atoms with E-state index < -0.39 is 5.92 Å². The van der Waals surface area contributed by atoms with Crippen LogP contribution in [-0.2, 0) is 0 Å². The number of hydrogen-bond acceptors (Lipinski definition) is 3. The number of rotatable bonds is 8. The quantitative estimate of drug-likeness (QED) is 0.430. The van der Waals surface area contributed by atoms with Crippen LogP contribution in [0.4, 0.5) is 0 Å². The highest BCUT2D eigenvalue weighted by molar-refractivity contribution is 5.85. The topological polar surface area (TPSA) is 107 Å². The Morgan fingerprint density at radius 1 is 0.857 bits per heavy atom. The standard InChI is InChI=1S/C20H26N4O3.ClH/c1-4-5-6-11-27-15-9-7-14(8-10-15)18(16-12(2)21-23-19(16)25)17-13(3)22-24-20(17)26;/h7-10,18H,4-6,11H2,1-3H3,(H2,21,23,25)(H2,22,24,26);1H. The van der Waals surface area contributed by atoms with E-state index >= 15 is 0 Å². The SMILES string of the molecule is CCCCCOc1ccc(C(c2c(C)[nH][nH]c2=O)c2c(C)[nH][nH]c2=O)cc1.Cl. The normalized spacial score (nSPS) is 10.9. The fraction of sp³-hybridized carbons (Fsp3) is 0.400. The molecule has 0 atom stereocenters. The lowest BCUT2D eigenvalue weighted by Crippen LogP contribution is -2.20. The summed E-state index contributed by atoms with van der Waals surface area (Å²) in [5.41, 5.74) is 2.92. The van der Waals surface area contributed by atoms with Gasteiger partial charge in [-0.05, 0) is 38.0 Å². The van der Waals surface area contributed by atoms with E-state index in [0.717, 1.165) is 30.6 Å². The van der Waals surface area contributed by atoms with E-state index in [4.69, 9.17) is 4.74 Å². The number of halogens is 1. The molecule has 0 unspecified atom stereocenters. The van der Waals surface area contributed by atoms with Crippen LogP contribution in [0.2, 0.25) is 0 Å². The number of benzene rings is 1. The third-order valence-electron chi connectivity index (χ3n) is 4.83. The number of nitrogens with one attached hydrogen (secondary N) is 4. The van der Waals surface area contributed by atoms with E-state index in [9.17, 15) is 9.59 Å². The van der Waals surface area contributed by atoms with Gasteiger partial charge in [0.15, 0.2) is 0 Å². The lowest BCUT2D eigenvalue weighted by atomic mass is 9.85. The number of aromatic amines is 4. The second kappa shape index (κ2) is 9.50. The van der Waals surface area contributed by atoms with Gasteiger partial charge in [0.25, 0.3) is 11.1 Å². The minimum absolute atomic E-state index is 0. The molecule has 0 saturated carbocycles. The highest BCUT2D eigenvalue weighted by Crippen LogP contribution is 2.31. The van der Waals surface area contributed by atoms with Crippen LogP contribution in [-0.4, -0.2) is 27.0 Å². The molecule has 0 fully saturated rings. The van der Waals surface area contributed by atoms with Crippen molar-refractivity contribution in [3.63, 3.8) is 0 Å². The highest BCUT2D eigenvalue weighted by Gasteiger charge is 2.27. The molecule has 0 spiro atoms. The van der Waals surface area contributed by atoms with Gasteiger partial charge in [-0.1, -0.05) is 31.9 Å². The minimum atomic E-state index is -0.468. The largest absolute Gasteiger partial charge is 0.494 e. The Balaban J connectivity index is 0.00000280. The van der Waals surface area contributed by atoms with Crippen molar-refractivity contribution in [1.29, 1.82) is 0 Å². The van der Waals surface area contributed by atoms with Crippen LogP contribution in [0.5, 0.6) is 5.75 Å². The van der Waals surface area contributed by atoms with Crippen molar-refractivity contribution >= 4 is 12.4 Å². The molecule has 0 aliphatic heterocycles. The summed E-state index contributed by atoms with van der Waals surface area (Å²) in [5.74, 6) is 0.317. The zero-order chi connectivity index (χ0) is 19.4. The molecule has 0 aliphatic carbocycles. The molecule has 3 rings (SSSR count). The second-order valence-electron chi connectivity index (χ2n) is 6.79. The fourth-order valence-electron chi connectivity index (χ4n) is 3.38. The molecule has 2 aromatic heterocycles. The maximum Gasteiger partial charge on any atom is 0.268 e. The van der Waals surface area contributed by atoms with Crippen molar-refractivity contribution in [3.05, 3.63) is 73.1 Å². The van der Waals surface area contributed by atoms with E-state index in [-0.39, 0.29) is 23.5 Å². The van der Waals surface area contributed by atoms with E-state index in [1.54, 1.807) is 0 Å². The Hall–Kier alpha value is -2.67. The first kappa shape index (κ1) is 21.6. The van der Waals surface area contributed by atoms with Crippen LogP contribution in [0.15, 0.2) is 33.9 Å². The number of aromatic nitrogens is 4. The molecule has 8 heteroatoms. The lowest BCUT2D eigenvalue weighted by Gasteiger charge is -2.16. The van der Waals surface area contributed by atoms with E-state index in [0.29, 0.717) is 29.1 Å². The van der Waals surface area contributed by atoms with E-state index in [2.05, 4.69) is 27.3 Å². The maximum absolute atomic E-state index is 12.4. The van der Waals surface area contributed by atoms with Crippen molar-refractivity contribution in [3.8, 4) is 5.75 Å². The number of H-pyrrole nitrogens is 4. The molecule has 7 nitrogen and oxygen atoms in total. The molecule has 1 aromatic carbocycles. The molecule has 152 valence electrons. The smallest absolute Gasteiger partial charge is 0.268 e. The molecule has 0 amide bonds. The third-order valence-corrected chi connectivity index (χ3v) is 4.83. The van der Waals surface area contributed by atoms with Gasteiger partial charge in [-0.25, -0.2) is 0 Å². The van der Waals surface area contributed by atoms with Crippen molar-refractivity contribution in [2.24, 2.45) is 0 Å². The summed E-state index contributed by atoms with van der Waals surface area (Å²) in [4.78, 5) is 24.8. The van der Waals surface area contributed by atoms with Gasteiger partial charge < -0.3 is 14.9 Å². The Labute approximate surface area is 169 Å². The highest BCUT2D eigenvalue weighted by atomic mass is 35.5. The van der Waals surface area contributed by atoms with Gasteiger partial charge in [-0.3, -0.25) is 19.8 Å². The zero-order valence-corrected chi connectivity index (χ0v) is 17.2. The number of ether oxygens (including phenoxy) is 1. The summed E-state index contributed by atoms with van der Waals surface area (Å²) in [6.07, 6.45) is 3.32. The Kier molecular flexibility index (Phi) is 7.34. The minimum Gasteiger partial charge on any atom is -0.494 e. The van der Waals surface area contributed by atoms with Crippen LogP contribution in [0.1, 0.15) is 60.2 Å². The molecule has 28 heavy (non-hydrogen) atoms. The van der Waals surface area contributed by atoms with Crippen LogP contribution in [0, 0.1) is 13.8 Å². The molecule has 0 radical (unpaired) electrons. The van der Waals surface area contributed by atoms with E-state index in [1.807, 2.05) is 38.1 Å². The predicted molar refractivity (Wildman–Crippen MR) is 112 cm³/mol. The molecule has 4 N–H and O–H groups in total. The van der Waals surface area contributed by atoms with Gasteiger partial charge in [0.2, 0.25) is 0 Å². The van der Waals surface area contributed by atoms with Gasteiger partial charge in [-0.15, -0.1) is 12.4 Å². The monoisotopic (exact) mass is 406 g/mol. The number of hydrogen-bond donors (Lipinski definition) is 4. The molecular formula is C20H27ClN4O3. The Morgan fingerprint density at radius 3 is 1.82 bits per heavy atom. The van der Waals surface area contributed by atoms with Gasteiger partial charge in [0, 0.05) is 17.3 Å². The van der Waals surface area contributed by atoms with Gasteiger partial charge >= 0.3 is 0 Å². The van der Waals surface area contributed by atoms with Gasteiger partial charge in [0.05, 0.1) is 17.7 Å². The van der Waals surface area contributed by atoms with Crippen molar-refractivity contribution < 1.29 is 4.74 Å². The van der Waals surface area contributed by atoms with Crippen molar-refractivity contribution in [2.45, 2.75) is 46.0 Å². The summed E-state index contributed by atoms with van der Waals surface area (Å²) in [6, 6.07) is 7.61. The first-order chi connectivity index (χ1) is 13.0. The lowest BCUT2D eigenvalue weighted by molar-refractivity contribution is 0.306. The average Bonchev–Trinajstić information content (AvgIpc) is 3.17. The van der Waals surface area contributed by atoms with Gasteiger partial charge in [-0.2, -0.15) is 0 Å². The first-order valence-electron chi connectivity index (χ1n) is 9.30. The zero-order valence-electron chi connectivity index (χ0n) is 16.3. The Bertz CT molecular complexity index is 943. The molecule has 0 saturated heterocycles. The summed E-state index contributed by atoms with van der Waals surface area (Å²) in [7, 11) is 0. The first-order valence-corrected chi connectivity index (χ1v) is 9.30. The maximum atomic E-state index is 12.4. The molecule has 2 heterocycles. The summed E-state index contributed by atoms with van der Waals surface area (Å²) < 4.78 is 5.77. The van der Waals surface area contributed by atoms with Crippen LogP contribution < -0.4 is 15.9 Å². The Morgan fingerprint density at radius 2 is 1.39 bits per heavy atom. The van der Waals surface area contributed by atoms with Crippen LogP contribution >= 0.6 is 12.4 Å².